The van der Waals surface area contributed by atoms with Crippen molar-refractivity contribution in [3.63, 3.8) is 0 Å². The van der Waals surface area contributed by atoms with Crippen LogP contribution in [0.15, 0.2) is 66.0 Å². The van der Waals surface area contributed by atoms with Crippen molar-refractivity contribution in [2.24, 2.45) is 0 Å². The fourth-order valence-electron chi connectivity index (χ4n) is 4.09. The molecule has 1 atom stereocenters. The smallest absolute Gasteiger partial charge is 0.228 e. The van der Waals surface area contributed by atoms with E-state index < -0.39 is 6.04 Å². The highest BCUT2D eigenvalue weighted by atomic mass is 35.5. The van der Waals surface area contributed by atoms with Crippen molar-refractivity contribution in [2.45, 2.75) is 39.8 Å². The summed E-state index contributed by atoms with van der Waals surface area (Å²) in [5.41, 5.74) is 5.96. The summed E-state index contributed by atoms with van der Waals surface area (Å²) in [5.74, 6) is -0.395. The number of aromatic nitrogens is 2. The number of halogens is 1. The molecule has 0 aliphatic heterocycles. The van der Waals surface area contributed by atoms with Crippen LogP contribution in [0.1, 0.15) is 41.9 Å². The number of hydrogen-bond donors (Lipinski definition) is 2. The molecule has 0 aliphatic rings. The number of anilines is 1. The van der Waals surface area contributed by atoms with E-state index in [0.29, 0.717) is 11.7 Å². The van der Waals surface area contributed by atoms with Crippen LogP contribution in [0, 0.1) is 13.8 Å². The Labute approximate surface area is 214 Å². The van der Waals surface area contributed by atoms with E-state index in [0.717, 1.165) is 38.8 Å². The molecule has 0 unspecified atom stereocenters. The zero-order valence-corrected chi connectivity index (χ0v) is 21.4. The van der Waals surface area contributed by atoms with Crippen molar-refractivity contribution in [3.05, 3.63) is 93.6 Å². The molecule has 2 aromatic heterocycles. The predicted octanol–water partition coefficient (Wildman–Crippen LogP) is 6.14. The van der Waals surface area contributed by atoms with Crippen LogP contribution in [0.4, 0.5) is 5.13 Å². The van der Waals surface area contributed by atoms with Crippen LogP contribution < -0.4 is 10.6 Å². The minimum absolute atomic E-state index is 0.116. The second-order valence-corrected chi connectivity index (χ2v) is 9.68. The van der Waals surface area contributed by atoms with Crippen molar-refractivity contribution in [3.8, 4) is 11.3 Å². The number of aryl methyl sites for hydroxylation is 1. The molecule has 0 fully saturated rings. The molecule has 0 saturated carbocycles. The third kappa shape index (κ3) is 5.99. The topological polar surface area (TPSA) is 76.0 Å². The number of nitrogens with one attached hydrogen (secondary N) is 2. The number of carbonyl (C=O) groups is 2. The van der Waals surface area contributed by atoms with Gasteiger partial charge in [0.05, 0.1) is 18.2 Å². The lowest BCUT2D eigenvalue weighted by Gasteiger charge is -2.17. The maximum atomic E-state index is 12.8. The number of benzene rings is 2. The summed E-state index contributed by atoms with van der Waals surface area (Å²) in [7, 11) is 0. The molecule has 8 heteroatoms. The lowest BCUT2D eigenvalue weighted by Crippen LogP contribution is -2.29. The minimum atomic E-state index is -0.406. The average molecular weight is 507 g/mol. The standard InChI is InChI=1S/C27H27ClN4O2S/c1-17-13-22(18(2)32(17)15-21-11-7-8-12-23(21)28)25-16-35-27(30-25)31-26(34)14-24(29-19(3)33)20-9-5-4-6-10-20/h4-13,16,24H,14-15H2,1-3H3,(H,29,33)(H,30,31,34)/t24-/m1/s1. The highest BCUT2D eigenvalue weighted by Crippen LogP contribution is 2.31. The summed E-state index contributed by atoms with van der Waals surface area (Å²) in [6.45, 7) is 6.25. The number of carbonyl (C=O) groups excluding carboxylic acids is 2. The molecule has 35 heavy (non-hydrogen) atoms. The molecule has 0 radical (unpaired) electrons. The van der Waals surface area contributed by atoms with Gasteiger partial charge in [-0.15, -0.1) is 11.3 Å². The van der Waals surface area contributed by atoms with Crippen LogP contribution in [-0.4, -0.2) is 21.4 Å². The van der Waals surface area contributed by atoms with Gasteiger partial charge in [-0.25, -0.2) is 4.98 Å². The van der Waals surface area contributed by atoms with Crippen LogP contribution in [-0.2, 0) is 16.1 Å². The van der Waals surface area contributed by atoms with Crippen LogP contribution in [0.3, 0.4) is 0 Å². The van der Waals surface area contributed by atoms with Gasteiger partial charge in [0.1, 0.15) is 0 Å². The maximum absolute atomic E-state index is 12.8. The van der Waals surface area contributed by atoms with Gasteiger partial charge in [-0.1, -0.05) is 60.1 Å². The van der Waals surface area contributed by atoms with Gasteiger partial charge in [-0.3, -0.25) is 9.59 Å². The van der Waals surface area contributed by atoms with Gasteiger partial charge in [0.25, 0.3) is 0 Å². The van der Waals surface area contributed by atoms with E-state index in [2.05, 4.69) is 40.1 Å². The van der Waals surface area contributed by atoms with Gasteiger partial charge < -0.3 is 15.2 Å². The summed E-state index contributed by atoms with van der Waals surface area (Å²) in [6, 6.07) is 19.0. The van der Waals surface area contributed by atoms with Crippen molar-refractivity contribution in [2.75, 3.05) is 5.32 Å². The molecule has 4 aromatic rings. The first kappa shape index (κ1) is 24.7. The number of thiazole rings is 1. The van der Waals surface area contributed by atoms with Crippen LogP contribution in [0.5, 0.6) is 0 Å². The van der Waals surface area contributed by atoms with E-state index in [-0.39, 0.29) is 18.2 Å². The Hall–Kier alpha value is -3.42. The minimum Gasteiger partial charge on any atom is -0.349 e. The molecular weight excluding hydrogens is 480 g/mol. The molecular formula is C27H27ClN4O2S. The van der Waals surface area contributed by atoms with E-state index in [1.807, 2.05) is 60.0 Å². The number of amides is 2. The zero-order chi connectivity index (χ0) is 24.9. The lowest BCUT2D eigenvalue weighted by atomic mass is 10.0. The Kier molecular flexibility index (Phi) is 7.68. The first-order valence-electron chi connectivity index (χ1n) is 11.3. The van der Waals surface area contributed by atoms with E-state index in [1.54, 1.807) is 0 Å². The molecule has 6 nitrogen and oxygen atoms in total. The normalized spacial score (nSPS) is 11.8. The number of nitrogens with zero attached hydrogens (tertiary/aromatic N) is 2. The SMILES string of the molecule is CC(=O)N[C@H](CC(=O)Nc1nc(-c2cc(C)n(Cc3ccccc3Cl)c2C)cs1)c1ccccc1. The van der Waals surface area contributed by atoms with E-state index in [1.165, 1.54) is 18.3 Å². The maximum Gasteiger partial charge on any atom is 0.228 e. The van der Waals surface area contributed by atoms with Crippen LogP contribution >= 0.6 is 22.9 Å². The van der Waals surface area contributed by atoms with Gasteiger partial charge in [-0.2, -0.15) is 0 Å². The van der Waals surface area contributed by atoms with Gasteiger partial charge in [0, 0.05) is 40.8 Å². The van der Waals surface area contributed by atoms with E-state index in [4.69, 9.17) is 11.6 Å². The van der Waals surface area contributed by atoms with Crippen molar-refractivity contribution in [1.82, 2.24) is 14.9 Å². The quantitative estimate of drug-likeness (QED) is 0.301. The molecule has 2 aromatic carbocycles. The highest BCUT2D eigenvalue weighted by molar-refractivity contribution is 7.14. The first-order chi connectivity index (χ1) is 16.8. The Morgan fingerprint density at radius 2 is 1.80 bits per heavy atom. The number of rotatable bonds is 8. The summed E-state index contributed by atoms with van der Waals surface area (Å²) in [6.07, 6.45) is 0.116. The first-order valence-corrected chi connectivity index (χ1v) is 12.6. The Bertz CT molecular complexity index is 1350. The summed E-state index contributed by atoms with van der Waals surface area (Å²) in [4.78, 5) is 29.1. The molecule has 180 valence electrons. The van der Waals surface area contributed by atoms with E-state index in [9.17, 15) is 9.59 Å². The van der Waals surface area contributed by atoms with Crippen molar-refractivity contribution < 1.29 is 9.59 Å². The number of hydrogen-bond acceptors (Lipinski definition) is 4. The van der Waals surface area contributed by atoms with Crippen molar-refractivity contribution in [1.29, 1.82) is 0 Å². The molecule has 2 heterocycles. The zero-order valence-electron chi connectivity index (χ0n) is 19.8. The second-order valence-electron chi connectivity index (χ2n) is 8.42. The summed E-state index contributed by atoms with van der Waals surface area (Å²) < 4.78 is 2.21. The molecule has 0 bridgehead atoms. The monoisotopic (exact) mass is 506 g/mol. The molecule has 0 spiro atoms. The van der Waals surface area contributed by atoms with Gasteiger partial charge in [-0.05, 0) is 37.1 Å². The Morgan fingerprint density at radius 3 is 2.51 bits per heavy atom. The average Bonchev–Trinajstić information content (AvgIpc) is 3.39. The third-order valence-corrected chi connectivity index (χ3v) is 6.98. The fourth-order valence-corrected chi connectivity index (χ4v) is 5.02. The molecule has 2 amide bonds. The summed E-state index contributed by atoms with van der Waals surface area (Å²) in [5, 5.41) is 8.95. The van der Waals surface area contributed by atoms with Gasteiger partial charge in [0.15, 0.2) is 5.13 Å². The van der Waals surface area contributed by atoms with Crippen LogP contribution in [0.2, 0.25) is 5.02 Å². The lowest BCUT2D eigenvalue weighted by molar-refractivity contribution is -0.120. The molecule has 0 saturated heterocycles. The fraction of sp³-hybridized carbons (Fsp3) is 0.222. The predicted molar refractivity (Wildman–Crippen MR) is 142 cm³/mol. The third-order valence-electron chi connectivity index (χ3n) is 5.86. The summed E-state index contributed by atoms with van der Waals surface area (Å²) >= 11 is 7.75. The Balaban J connectivity index is 1.48. The second kappa shape index (κ2) is 10.9. The van der Waals surface area contributed by atoms with Crippen LogP contribution in [0.25, 0.3) is 11.3 Å². The van der Waals surface area contributed by atoms with E-state index >= 15 is 0 Å². The molecule has 4 rings (SSSR count). The van der Waals surface area contributed by atoms with Gasteiger partial charge in [0.2, 0.25) is 11.8 Å². The molecule has 2 N–H and O–H groups in total. The highest BCUT2D eigenvalue weighted by Gasteiger charge is 2.19. The van der Waals surface area contributed by atoms with Gasteiger partial charge >= 0.3 is 0 Å². The largest absolute Gasteiger partial charge is 0.349 e. The van der Waals surface area contributed by atoms with Crippen molar-refractivity contribution >= 4 is 39.9 Å². The Morgan fingerprint density at radius 1 is 1.09 bits per heavy atom. The molecule has 0 aliphatic carbocycles.